The largest absolute Gasteiger partial charge is 0.462 e. The van der Waals surface area contributed by atoms with Crippen LogP contribution < -0.4 is 5.73 Å². The lowest BCUT2D eigenvalue weighted by Gasteiger charge is -2.01. The second-order valence-electron chi connectivity index (χ2n) is 2.46. The molecule has 0 atom stereocenters. The van der Waals surface area contributed by atoms with Crippen LogP contribution in [0, 0.1) is 6.92 Å². The van der Waals surface area contributed by atoms with E-state index in [1.54, 1.807) is 20.0 Å². The third kappa shape index (κ3) is 1.42. The first-order chi connectivity index (χ1) is 5.66. The first-order valence-corrected chi connectivity index (χ1v) is 3.77. The molecular formula is C8H12N2O2. The van der Waals surface area contributed by atoms with Crippen molar-refractivity contribution >= 4 is 11.7 Å². The standard InChI is InChI=1S/C8H12N2O2/c1-3-12-8(11)7-5(2)10-4-6(7)9/h4,10H,3,9H2,1-2H3. The highest BCUT2D eigenvalue weighted by Crippen LogP contribution is 2.16. The molecule has 1 heterocycles. The van der Waals surface area contributed by atoms with Crippen LogP contribution in [0.3, 0.4) is 0 Å². The molecule has 0 radical (unpaired) electrons. The summed E-state index contributed by atoms with van der Waals surface area (Å²) >= 11 is 0. The molecule has 4 nitrogen and oxygen atoms in total. The van der Waals surface area contributed by atoms with Crippen LogP contribution >= 0.6 is 0 Å². The Bertz CT molecular complexity index is 272. The average molecular weight is 168 g/mol. The molecule has 0 bridgehead atoms. The van der Waals surface area contributed by atoms with Crippen molar-refractivity contribution in [2.24, 2.45) is 0 Å². The van der Waals surface area contributed by atoms with E-state index < -0.39 is 0 Å². The maximum atomic E-state index is 11.2. The predicted molar refractivity (Wildman–Crippen MR) is 45.9 cm³/mol. The number of nitrogens with one attached hydrogen (secondary N) is 1. The van der Waals surface area contributed by atoms with Crippen LogP contribution in [0.4, 0.5) is 5.69 Å². The number of nitrogens with two attached hydrogens (primary N) is 1. The summed E-state index contributed by atoms with van der Waals surface area (Å²) in [6.07, 6.45) is 1.58. The Hall–Kier alpha value is -1.45. The first-order valence-electron chi connectivity index (χ1n) is 3.77. The first kappa shape index (κ1) is 8.64. The summed E-state index contributed by atoms with van der Waals surface area (Å²) in [6.45, 7) is 3.90. The Labute approximate surface area is 70.7 Å². The zero-order valence-electron chi connectivity index (χ0n) is 7.18. The Morgan fingerprint density at radius 2 is 2.42 bits per heavy atom. The maximum absolute atomic E-state index is 11.2. The van der Waals surface area contributed by atoms with Gasteiger partial charge in [-0.15, -0.1) is 0 Å². The maximum Gasteiger partial charge on any atom is 0.342 e. The number of ether oxygens (including phenoxy) is 1. The molecule has 0 aliphatic heterocycles. The Morgan fingerprint density at radius 1 is 1.75 bits per heavy atom. The van der Waals surface area contributed by atoms with Gasteiger partial charge in [0.2, 0.25) is 0 Å². The van der Waals surface area contributed by atoms with Gasteiger partial charge in [-0.1, -0.05) is 0 Å². The lowest BCUT2D eigenvalue weighted by atomic mass is 10.2. The van der Waals surface area contributed by atoms with Gasteiger partial charge in [-0.05, 0) is 13.8 Å². The molecule has 3 N–H and O–H groups in total. The molecule has 0 aliphatic carbocycles. The van der Waals surface area contributed by atoms with Crippen molar-refractivity contribution in [2.45, 2.75) is 13.8 Å². The monoisotopic (exact) mass is 168 g/mol. The van der Waals surface area contributed by atoms with Crippen molar-refractivity contribution in [3.63, 3.8) is 0 Å². The Morgan fingerprint density at radius 3 is 2.83 bits per heavy atom. The van der Waals surface area contributed by atoms with Crippen molar-refractivity contribution in [1.82, 2.24) is 4.98 Å². The van der Waals surface area contributed by atoms with Gasteiger partial charge in [0.15, 0.2) is 0 Å². The second-order valence-corrected chi connectivity index (χ2v) is 2.46. The van der Waals surface area contributed by atoms with Crippen LogP contribution in [-0.2, 0) is 4.74 Å². The number of anilines is 1. The minimum atomic E-state index is -0.367. The van der Waals surface area contributed by atoms with Crippen LogP contribution in [0.1, 0.15) is 23.0 Å². The van der Waals surface area contributed by atoms with E-state index in [0.717, 1.165) is 5.69 Å². The molecule has 0 spiro atoms. The number of aromatic amines is 1. The molecule has 0 aliphatic rings. The van der Waals surface area contributed by atoms with E-state index in [4.69, 9.17) is 10.5 Å². The lowest BCUT2D eigenvalue weighted by molar-refractivity contribution is 0.0527. The van der Waals surface area contributed by atoms with Crippen LogP contribution in [0.5, 0.6) is 0 Å². The van der Waals surface area contributed by atoms with Crippen molar-refractivity contribution < 1.29 is 9.53 Å². The number of H-pyrrole nitrogens is 1. The third-order valence-corrected chi connectivity index (χ3v) is 1.59. The Kier molecular flexibility index (Phi) is 2.38. The lowest BCUT2D eigenvalue weighted by Crippen LogP contribution is -2.07. The minimum Gasteiger partial charge on any atom is -0.462 e. The summed E-state index contributed by atoms with van der Waals surface area (Å²) in [7, 11) is 0. The number of aryl methyl sites for hydroxylation is 1. The number of hydrogen-bond acceptors (Lipinski definition) is 3. The SMILES string of the molecule is CCOC(=O)c1c(N)c[nH]c1C. The van der Waals surface area contributed by atoms with E-state index in [1.165, 1.54) is 0 Å². The topological polar surface area (TPSA) is 68.1 Å². The molecule has 0 saturated carbocycles. The molecule has 0 aromatic carbocycles. The van der Waals surface area contributed by atoms with Gasteiger partial charge in [0, 0.05) is 11.9 Å². The van der Waals surface area contributed by atoms with Crippen LogP contribution in [0.15, 0.2) is 6.20 Å². The van der Waals surface area contributed by atoms with Gasteiger partial charge in [-0.3, -0.25) is 0 Å². The van der Waals surface area contributed by atoms with Gasteiger partial charge in [0.05, 0.1) is 12.3 Å². The quantitative estimate of drug-likeness (QED) is 0.649. The summed E-state index contributed by atoms with van der Waals surface area (Å²) < 4.78 is 4.81. The van der Waals surface area contributed by atoms with Crippen molar-refractivity contribution in [2.75, 3.05) is 12.3 Å². The number of esters is 1. The van der Waals surface area contributed by atoms with E-state index in [-0.39, 0.29) is 5.97 Å². The predicted octanol–water partition coefficient (Wildman–Crippen LogP) is 1.08. The third-order valence-electron chi connectivity index (χ3n) is 1.59. The number of rotatable bonds is 2. The summed E-state index contributed by atoms with van der Waals surface area (Å²) in [5, 5.41) is 0. The van der Waals surface area contributed by atoms with Gasteiger partial charge in [0.25, 0.3) is 0 Å². The normalized spacial score (nSPS) is 9.83. The van der Waals surface area contributed by atoms with Crippen LogP contribution in [0.25, 0.3) is 0 Å². The molecule has 12 heavy (non-hydrogen) atoms. The molecule has 0 saturated heterocycles. The number of carbonyl (C=O) groups excluding carboxylic acids is 1. The molecule has 66 valence electrons. The molecule has 0 fully saturated rings. The van der Waals surface area contributed by atoms with E-state index in [0.29, 0.717) is 17.9 Å². The summed E-state index contributed by atoms with van der Waals surface area (Å²) in [6, 6.07) is 0. The summed E-state index contributed by atoms with van der Waals surface area (Å²) in [4.78, 5) is 14.1. The smallest absolute Gasteiger partial charge is 0.342 e. The van der Waals surface area contributed by atoms with E-state index in [1.807, 2.05) is 0 Å². The molecule has 1 aromatic heterocycles. The summed E-state index contributed by atoms with van der Waals surface area (Å²) in [5.41, 5.74) is 7.16. The zero-order chi connectivity index (χ0) is 9.14. The highest BCUT2D eigenvalue weighted by atomic mass is 16.5. The molecule has 4 heteroatoms. The minimum absolute atomic E-state index is 0.364. The molecule has 0 amide bonds. The van der Waals surface area contributed by atoms with Gasteiger partial charge >= 0.3 is 5.97 Å². The fourth-order valence-electron chi connectivity index (χ4n) is 1.02. The number of hydrogen-bond donors (Lipinski definition) is 2. The van der Waals surface area contributed by atoms with Crippen molar-refractivity contribution in [3.8, 4) is 0 Å². The number of carbonyl (C=O) groups is 1. The fraction of sp³-hybridized carbons (Fsp3) is 0.375. The molecular weight excluding hydrogens is 156 g/mol. The van der Waals surface area contributed by atoms with E-state index in [2.05, 4.69) is 4.98 Å². The van der Waals surface area contributed by atoms with Gasteiger partial charge in [-0.2, -0.15) is 0 Å². The summed E-state index contributed by atoms with van der Waals surface area (Å²) in [5.74, 6) is -0.367. The van der Waals surface area contributed by atoms with Crippen LogP contribution in [0.2, 0.25) is 0 Å². The number of aromatic nitrogens is 1. The highest BCUT2D eigenvalue weighted by molar-refractivity contribution is 5.96. The molecule has 1 aromatic rings. The van der Waals surface area contributed by atoms with Gasteiger partial charge < -0.3 is 15.5 Å². The highest BCUT2D eigenvalue weighted by Gasteiger charge is 2.14. The molecule has 1 rings (SSSR count). The average Bonchev–Trinajstić information content (AvgIpc) is 2.32. The Balaban J connectivity index is 2.93. The zero-order valence-corrected chi connectivity index (χ0v) is 7.18. The molecule has 0 unspecified atom stereocenters. The second kappa shape index (κ2) is 3.30. The van der Waals surface area contributed by atoms with Crippen LogP contribution in [-0.4, -0.2) is 17.6 Å². The van der Waals surface area contributed by atoms with Gasteiger partial charge in [0.1, 0.15) is 5.56 Å². The van der Waals surface area contributed by atoms with Crippen molar-refractivity contribution in [1.29, 1.82) is 0 Å². The fourth-order valence-corrected chi connectivity index (χ4v) is 1.02. The van der Waals surface area contributed by atoms with Crippen molar-refractivity contribution in [3.05, 3.63) is 17.5 Å². The number of nitrogen functional groups attached to an aromatic ring is 1. The van der Waals surface area contributed by atoms with E-state index >= 15 is 0 Å². The van der Waals surface area contributed by atoms with Gasteiger partial charge in [-0.25, -0.2) is 4.79 Å². The van der Waals surface area contributed by atoms with E-state index in [9.17, 15) is 4.79 Å².